The number of rotatable bonds is 4. The fraction of sp³-hybridized carbons (Fsp3) is 0.296. The summed E-state index contributed by atoms with van der Waals surface area (Å²) in [4.78, 5) is 15.5. The Kier molecular flexibility index (Phi) is 5.80. The number of esters is 1. The molecule has 3 aromatic carbocycles. The Morgan fingerprint density at radius 3 is 2.24 bits per heavy atom. The number of benzene rings is 3. The van der Waals surface area contributed by atoms with E-state index in [1.165, 1.54) is 7.11 Å². The number of hydrogen-bond donors (Lipinski definition) is 0. The van der Waals surface area contributed by atoms with E-state index in [1.807, 2.05) is 67.3 Å². The van der Waals surface area contributed by atoms with E-state index < -0.39 is 34.2 Å². The number of fused-ring (bicyclic) bond motifs is 3. The molecular formula is C27H28N2O4S. The zero-order valence-corrected chi connectivity index (χ0v) is 20.3. The molecule has 3 aromatic rings. The van der Waals surface area contributed by atoms with E-state index >= 15 is 0 Å². The van der Waals surface area contributed by atoms with Crippen molar-refractivity contribution >= 4 is 16.0 Å². The monoisotopic (exact) mass is 476 g/mol. The van der Waals surface area contributed by atoms with Gasteiger partial charge in [0.05, 0.1) is 18.0 Å². The molecule has 34 heavy (non-hydrogen) atoms. The molecule has 0 radical (unpaired) electrons. The highest BCUT2D eigenvalue weighted by atomic mass is 32.2. The summed E-state index contributed by atoms with van der Waals surface area (Å²) < 4.78 is 35.4. The van der Waals surface area contributed by atoms with E-state index in [0.29, 0.717) is 6.54 Å². The lowest BCUT2D eigenvalue weighted by Gasteiger charge is -2.36. The average Bonchev–Trinajstić information content (AvgIpc) is 3.20. The summed E-state index contributed by atoms with van der Waals surface area (Å²) in [5, 5.41) is 0. The third kappa shape index (κ3) is 3.55. The van der Waals surface area contributed by atoms with Crippen molar-refractivity contribution in [3.05, 3.63) is 101 Å². The Labute approximate surface area is 200 Å². The van der Waals surface area contributed by atoms with Crippen LogP contribution < -0.4 is 0 Å². The Bertz CT molecular complexity index is 1340. The molecule has 0 spiro atoms. The molecule has 2 aliphatic rings. The number of carbonyl (C=O) groups is 1. The van der Waals surface area contributed by atoms with Crippen LogP contribution in [0.15, 0.2) is 77.7 Å². The quantitative estimate of drug-likeness (QED) is 0.530. The molecule has 0 amide bonds. The Morgan fingerprint density at radius 1 is 0.912 bits per heavy atom. The maximum Gasteiger partial charge on any atom is 0.325 e. The van der Waals surface area contributed by atoms with Gasteiger partial charge in [-0.2, -0.15) is 4.31 Å². The zero-order chi connectivity index (χ0) is 24.0. The van der Waals surface area contributed by atoms with Gasteiger partial charge in [-0.15, -0.1) is 0 Å². The SMILES string of the molecule is COC(=O)[C@H]1[C@H](c2ccccc2C)N(S(=O)(=O)c2ccc(C)cc2)[C@@H]2c3ccccc3CCN21. The van der Waals surface area contributed by atoms with Gasteiger partial charge in [-0.25, -0.2) is 8.42 Å². The van der Waals surface area contributed by atoms with Gasteiger partial charge < -0.3 is 4.74 Å². The van der Waals surface area contributed by atoms with Crippen LogP contribution in [0.3, 0.4) is 0 Å². The molecule has 5 rings (SSSR count). The minimum Gasteiger partial charge on any atom is -0.468 e. The molecule has 0 saturated carbocycles. The number of ether oxygens (including phenoxy) is 1. The fourth-order valence-corrected chi connectivity index (χ4v) is 7.08. The van der Waals surface area contributed by atoms with Crippen LogP contribution in [0, 0.1) is 13.8 Å². The minimum atomic E-state index is -3.97. The van der Waals surface area contributed by atoms with Crippen LogP contribution >= 0.6 is 0 Å². The highest BCUT2D eigenvalue weighted by Gasteiger charge is 2.58. The molecule has 0 N–H and O–H groups in total. The Hall–Kier alpha value is -3.00. The predicted molar refractivity (Wildman–Crippen MR) is 130 cm³/mol. The first-order valence-electron chi connectivity index (χ1n) is 11.4. The summed E-state index contributed by atoms with van der Waals surface area (Å²) >= 11 is 0. The van der Waals surface area contributed by atoms with E-state index in [2.05, 4.69) is 0 Å². The number of nitrogens with zero attached hydrogens (tertiary/aromatic N) is 2. The summed E-state index contributed by atoms with van der Waals surface area (Å²) in [6, 6.07) is 21.0. The predicted octanol–water partition coefficient (Wildman–Crippen LogP) is 4.15. The van der Waals surface area contributed by atoms with E-state index in [9.17, 15) is 13.2 Å². The molecule has 0 unspecified atom stereocenters. The number of aryl methyl sites for hydroxylation is 2. The number of methoxy groups -OCH3 is 1. The Balaban J connectivity index is 1.79. The molecule has 1 fully saturated rings. The lowest BCUT2D eigenvalue weighted by Crippen LogP contribution is -2.43. The fourth-order valence-electron chi connectivity index (χ4n) is 5.34. The number of carbonyl (C=O) groups excluding carboxylic acids is 1. The maximum atomic E-state index is 14.3. The normalized spacial score (nSPS) is 22.7. The molecule has 2 aliphatic heterocycles. The van der Waals surface area contributed by atoms with Crippen molar-refractivity contribution in [2.24, 2.45) is 0 Å². The van der Waals surface area contributed by atoms with Crippen molar-refractivity contribution in [2.75, 3.05) is 13.7 Å². The molecule has 0 bridgehead atoms. The van der Waals surface area contributed by atoms with Gasteiger partial charge in [0.1, 0.15) is 12.2 Å². The summed E-state index contributed by atoms with van der Waals surface area (Å²) in [5.74, 6) is -0.431. The van der Waals surface area contributed by atoms with Crippen molar-refractivity contribution < 1.29 is 17.9 Å². The van der Waals surface area contributed by atoms with E-state index in [-0.39, 0.29) is 4.90 Å². The lowest BCUT2D eigenvalue weighted by molar-refractivity contribution is -0.147. The first-order chi connectivity index (χ1) is 16.3. The van der Waals surface area contributed by atoms with E-state index in [1.54, 1.807) is 28.6 Å². The van der Waals surface area contributed by atoms with Crippen LogP contribution in [0.5, 0.6) is 0 Å². The van der Waals surface area contributed by atoms with Gasteiger partial charge in [0.15, 0.2) is 0 Å². The van der Waals surface area contributed by atoms with Crippen molar-refractivity contribution in [3.63, 3.8) is 0 Å². The van der Waals surface area contributed by atoms with Gasteiger partial charge in [-0.1, -0.05) is 66.2 Å². The first-order valence-corrected chi connectivity index (χ1v) is 12.9. The molecule has 6 nitrogen and oxygen atoms in total. The highest BCUT2D eigenvalue weighted by molar-refractivity contribution is 7.89. The van der Waals surface area contributed by atoms with Crippen LogP contribution in [-0.4, -0.2) is 43.3 Å². The van der Waals surface area contributed by atoms with E-state index in [0.717, 1.165) is 34.2 Å². The van der Waals surface area contributed by atoms with Gasteiger partial charge in [0.25, 0.3) is 0 Å². The second-order valence-electron chi connectivity index (χ2n) is 8.98. The van der Waals surface area contributed by atoms with Crippen molar-refractivity contribution in [1.29, 1.82) is 0 Å². The van der Waals surface area contributed by atoms with Gasteiger partial charge in [0, 0.05) is 6.54 Å². The van der Waals surface area contributed by atoms with Gasteiger partial charge in [0.2, 0.25) is 10.0 Å². The highest BCUT2D eigenvalue weighted by Crippen LogP contribution is 2.51. The molecule has 0 aromatic heterocycles. The second-order valence-corrected chi connectivity index (χ2v) is 10.8. The minimum absolute atomic E-state index is 0.213. The third-order valence-electron chi connectivity index (χ3n) is 7.00. The smallest absolute Gasteiger partial charge is 0.325 e. The molecule has 176 valence electrons. The van der Waals surface area contributed by atoms with Gasteiger partial charge >= 0.3 is 5.97 Å². The number of sulfonamides is 1. The van der Waals surface area contributed by atoms with Gasteiger partial charge in [-0.3, -0.25) is 9.69 Å². The summed E-state index contributed by atoms with van der Waals surface area (Å²) in [7, 11) is -2.61. The lowest BCUT2D eigenvalue weighted by atomic mass is 9.95. The molecule has 0 aliphatic carbocycles. The topological polar surface area (TPSA) is 66.9 Å². The summed E-state index contributed by atoms with van der Waals surface area (Å²) in [6.07, 6.45) is 0.129. The molecule has 2 heterocycles. The van der Waals surface area contributed by atoms with Crippen molar-refractivity contribution in [2.45, 2.75) is 43.4 Å². The largest absolute Gasteiger partial charge is 0.468 e. The van der Waals surface area contributed by atoms with Gasteiger partial charge in [-0.05, 0) is 54.7 Å². The first kappa shape index (κ1) is 22.8. The van der Waals surface area contributed by atoms with E-state index in [4.69, 9.17) is 4.74 Å². The molecule has 7 heteroatoms. The summed E-state index contributed by atoms with van der Waals surface area (Å²) in [6.45, 7) is 4.43. The van der Waals surface area contributed by atoms with Crippen LogP contribution in [-0.2, 0) is 26.0 Å². The van der Waals surface area contributed by atoms with Crippen molar-refractivity contribution in [1.82, 2.24) is 9.21 Å². The Morgan fingerprint density at radius 2 is 1.56 bits per heavy atom. The standard InChI is InChI=1S/C27H28N2O4S/c1-18-12-14-21(15-13-18)34(31,32)29-24(22-10-6-4-8-19(22)2)25(27(30)33-3)28-17-16-20-9-5-7-11-23(20)26(28)29/h4-15,24-26H,16-17H2,1-3H3/t24-,25+,26+/m0/s1. The molecule has 1 saturated heterocycles. The zero-order valence-electron chi connectivity index (χ0n) is 19.5. The van der Waals surface area contributed by atoms with Crippen LogP contribution in [0.2, 0.25) is 0 Å². The van der Waals surface area contributed by atoms with Crippen LogP contribution in [0.1, 0.15) is 40.0 Å². The van der Waals surface area contributed by atoms with Crippen molar-refractivity contribution in [3.8, 4) is 0 Å². The maximum absolute atomic E-state index is 14.3. The third-order valence-corrected chi connectivity index (χ3v) is 8.85. The second kappa shape index (κ2) is 8.65. The summed E-state index contributed by atoms with van der Waals surface area (Å²) in [5.41, 5.74) is 4.73. The van der Waals surface area contributed by atoms with Crippen LogP contribution in [0.25, 0.3) is 0 Å². The average molecular weight is 477 g/mol. The molecule has 3 atom stereocenters. The molecular weight excluding hydrogens is 448 g/mol. The number of hydrogen-bond acceptors (Lipinski definition) is 5. The van der Waals surface area contributed by atoms with Crippen LogP contribution in [0.4, 0.5) is 0 Å².